The first-order valence-corrected chi connectivity index (χ1v) is 9.40. The molecule has 1 aromatic heterocycles. The van der Waals surface area contributed by atoms with Crippen molar-refractivity contribution in [2.45, 2.75) is 44.6 Å². The van der Waals surface area contributed by atoms with Gasteiger partial charge in [0.25, 0.3) is 0 Å². The molecule has 0 bridgehead atoms. The highest BCUT2D eigenvalue weighted by molar-refractivity contribution is 5.85. The van der Waals surface area contributed by atoms with Crippen LogP contribution >= 0.6 is 24.8 Å². The molecule has 2 aromatic rings. The second kappa shape index (κ2) is 9.78. The molecule has 4 rings (SSSR count). The molecule has 1 aliphatic carbocycles. The monoisotopic (exact) mass is 414 g/mol. The number of piperidine rings is 1. The average molecular weight is 415 g/mol. The molecule has 1 aliphatic heterocycles. The lowest BCUT2D eigenvalue weighted by molar-refractivity contribution is 0.194. The Balaban J connectivity index is 0.00000131. The average Bonchev–Trinajstić information content (AvgIpc) is 3.11. The van der Waals surface area contributed by atoms with Crippen LogP contribution in [0.4, 0.5) is 0 Å². The third-order valence-corrected chi connectivity index (χ3v) is 5.46. The number of nitrogens with two attached hydrogens (primary N) is 1. The summed E-state index contributed by atoms with van der Waals surface area (Å²) in [6, 6.07) is 6.25. The SMILES string of the molecule is Cl.Cl.NC1CCN(CCCOc2ccc3c4c(c(=O)oc3c2)CCC4)CC1. The molecule has 0 saturated carbocycles. The van der Waals surface area contributed by atoms with Crippen LogP contribution in [0.3, 0.4) is 0 Å². The number of ether oxygens (including phenoxy) is 1. The molecule has 0 amide bonds. The summed E-state index contributed by atoms with van der Waals surface area (Å²) < 4.78 is 11.4. The van der Waals surface area contributed by atoms with Gasteiger partial charge < -0.3 is 19.8 Å². The Morgan fingerprint density at radius 1 is 1.15 bits per heavy atom. The normalized spacial score (nSPS) is 17.2. The summed E-state index contributed by atoms with van der Waals surface area (Å²) in [5, 5.41) is 1.06. The van der Waals surface area contributed by atoms with E-state index in [2.05, 4.69) is 4.90 Å². The van der Waals surface area contributed by atoms with Crippen LogP contribution in [0, 0.1) is 0 Å². The fourth-order valence-electron chi connectivity index (χ4n) is 4.01. The highest BCUT2D eigenvalue weighted by Gasteiger charge is 2.19. The molecule has 1 fully saturated rings. The van der Waals surface area contributed by atoms with E-state index in [1.165, 1.54) is 5.56 Å². The highest BCUT2D eigenvalue weighted by Crippen LogP contribution is 2.29. The lowest BCUT2D eigenvalue weighted by Crippen LogP contribution is -2.40. The molecule has 150 valence electrons. The third kappa shape index (κ3) is 4.96. The van der Waals surface area contributed by atoms with Crippen molar-refractivity contribution in [3.8, 4) is 5.75 Å². The van der Waals surface area contributed by atoms with E-state index in [0.29, 0.717) is 18.2 Å². The third-order valence-electron chi connectivity index (χ3n) is 5.46. The quantitative estimate of drug-likeness (QED) is 0.600. The number of benzene rings is 1. The first-order valence-electron chi connectivity index (χ1n) is 9.40. The first kappa shape index (κ1) is 22.0. The Hall–Kier alpha value is -1.27. The van der Waals surface area contributed by atoms with E-state index in [4.69, 9.17) is 14.9 Å². The molecule has 0 unspecified atom stereocenters. The summed E-state index contributed by atoms with van der Waals surface area (Å²) in [6.07, 6.45) is 6.02. The molecule has 1 aromatic carbocycles. The van der Waals surface area contributed by atoms with Crippen molar-refractivity contribution >= 4 is 35.8 Å². The molecule has 7 heteroatoms. The molecule has 27 heavy (non-hydrogen) atoms. The summed E-state index contributed by atoms with van der Waals surface area (Å²) in [6.45, 7) is 3.90. The van der Waals surface area contributed by atoms with Crippen molar-refractivity contribution in [2.75, 3.05) is 26.2 Å². The van der Waals surface area contributed by atoms with Crippen LogP contribution in [0.5, 0.6) is 5.75 Å². The zero-order valence-electron chi connectivity index (χ0n) is 15.4. The Morgan fingerprint density at radius 2 is 1.89 bits per heavy atom. The predicted molar refractivity (Wildman–Crippen MR) is 113 cm³/mol. The summed E-state index contributed by atoms with van der Waals surface area (Å²) in [7, 11) is 0. The number of hydrogen-bond acceptors (Lipinski definition) is 5. The number of halogens is 2. The van der Waals surface area contributed by atoms with Crippen LogP contribution in [0.25, 0.3) is 11.0 Å². The zero-order chi connectivity index (χ0) is 17.2. The van der Waals surface area contributed by atoms with E-state index in [1.807, 2.05) is 18.2 Å². The van der Waals surface area contributed by atoms with Crippen LogP contribution in [-0.4, -0.2) is 37.2 Å². The van der Waals surface area contributed by atoms with Gasteiger partial charge in [-0.1, -0.05) is 0 Å². The number of fused-ring (bicyclic) bond motifs is 3. The standard InChI is InChI=1S/C20H26N2O3.2ClH/c21-14-7-10-22(11-8-14)9-2-12-24-15-5-6-17-16-3-1-4-18(16)20(23)25-19(17)13-15;;/h5-6,13-14H,1-4,7-12,21H2;2*1H. The second-order valence-electron chi connectivity index (χ2n) is 7.24. The van der Waals surface area contributed by atoms with Gasteiger partial charge in [-0.3, -0.25) is 0 Å². The molecular formula is C20H28Cl2N2O3. The van der Waals surface area contributed by atoms with Gasteiger partial charge in [0.05, 0.1) is 6.61 Å². The van der Waals surface area contributed by atoms with Gasteiger partial charge in [0.2, 0.25) is 0 Å². The van der Waals surface area contributed by atoms with Gasteiger partial charge in [-0.25, -0.2) is 4.79 Å². The molecule has 2 N–H and O–H groups in total. The molecule has 2 aliphatic rings. The maximum absolute atomic E-state index is 12.1. The second-order valence-corrected chi connectivity index (χ2v) is 7.24. The number of rotatable bonds is 5. The summed E-state index contributed by atoms with van der Waals surface area (Å²) >= 11 is 0. The fraction of sp³-hybridized carbons (Fsp3) is 0.550. The van der Waals surface area contributed by atoms with E-state index in [9.17, 15) is 4.79 Å². The van der Waals surface area contributed by atoms with E-state index >= 15 is 0 Å². The molecule has 0 spiro atoms. The molecule has 0 atom stereocenters. The van der Waals surface area contributed by atoms with Crippen LogP contribution < -0.4 is 16.1 Å². The molecule has 2 heterocycles. The van der Waals surface area contributed by atoms with E-state index in [1.54, 1.807) is 0 Å². The van der Waals surface area contributed by atoms with Gasteiger partial charge in [0.15, 0.2) is 0 Å². The Labute approximate surface area is 172 Å². The first-order chi connectivity index (χ1) is 12.2. The fourth-order valence-corrected chi connectivity index (χ4v) is 4.01. The highest BCUT2D eigenvalue weighted by atomic mass is 35.5. The summed E-state index contributed by atoms with van der Waals surface area (Å²) in [5.74, 6) is 0.772. The predicted octanol–water partition coefficient (Wildman–Crippen LogP) is 3.32. The van der Waals surface area contributed by atoms with Crippen molar-refractivity contribution < 1.29 is 9.15 Å². The van der Waals surface area contributed by atoms with Gasteiger partial charge in [-0.2, -0.15) is 0 Å². The van der Waals surface area contributed by atoms with Crippen molar-refractivity contribution in [1.29, 1.82) is 0 Å². The van der Waals surface area contributed by atoms with E-state index in [-0.39, 0.29) is 30.4 Å². The maximum atomic E-state index is 12.1. The van der Waals surface area contributed by atoms with Gasteiger partial charge in [0, 0.05) is 29.6 Å². The lowest BCUT2D eigenvalue weighted by atomic mass is 10.1. The van der Waals surface area contributed by atoms with Gasteiger partial charge >= 0.3 is 5.63 Å². The zero-order valence-corrected chi connectivity index (χ0v) is 17.1. The minimum Gasteiger partial charge on any atom is -0.493 e. The Morgan fingerprint density at radius 3 is 2.67 bits per heavy atom. The summed E-state index contributed by atoms with van der Waals surface area (Å²) in [4.78, 5) is 14.5. The topological polar surface area (TPSA) is 68.7 Å². The lowest BCUT2D eigenvalue weighted by Gasteiger charge is -2.29. The van der Waals surface area contributed by atoms with Crippen LogP contribution in [0.15, 0.2) is 27.4 Å². The van der Waals surface area contributed by atoms with Gasteiger partial charge in [-0.05, 0) is 69.3 Å². The maximum Gasteiger partial charge on any atom is 0.339 e. The van der Waals surface area contributed by atoms with Gasteiger partial charge in [0.1, 0.15) is 11.3 Å². The number of hydrogen-bond donors (Lipinski definition) is 1. The number of likely N-dealkylation sites (tertiary alicyclic amines) is 1. The van der Waals surface area contributed by atoms with E-state index < -0.39 is 0 Å². The minimum atomic E-state index is -0.180. The molecule has 5 nitrogen and oxygen atoms in total. The van der Waals surface area contributed by atoms with Crippen molar-refractivity contribution in [3.05, 3.63) is 39.7 Å². The molecule has 0 radical (unpaired) electrons. The van der Waals surface area contributed by atoms with Gasteiger partial charge in [-0.15, -0.1) is 24.8 Å². The summed E-state index contributed by atoms with van der Waals surface area (Å²) in [5.41, 5.74) is 8.43. The molecular weight excluding hydrogens is 387 g/mol. The van der Waals surface area contributed by atoms with Crippen molar-refractivity contribution in [2.24, 2.45) is 5.73 Å². The Bertz CT molecular complexity index is 817. The smallest absolute Gasteiger partial charge is 0.339 e. The van der Waals surface area contributed by atoms with Crippen LogP contribution in [-0.2, 0) is 12.8 Å². The van der Waals surface area contributed by atoms with Crippen molar-refractivity contribution in [3.63, 3.8) is 0 Å². The van der Waals surface area contributed by atoms with E-state index in [0.717, 1.165) is 74.9 Å². The van der Waals surface area contributed by atoms with Crippen LogP contribution in [0.2, 0.25) is 0 Å². The number of nitrogens with zero attached hydrogens (tertiary/aromatic N) is 1. The largest absolute Gasteiger partial charge is 0.493 e. The van der Waals surface area contributed by atoms with Crippen molar-refractivity contribution in [1.82, 2.24) is 4.90 Å². The number of aryl methyl sites for hydroxylation is 1. The minimum absolute atomic E-state index is 0. The molecule has 1 saturated heterocycles. The van der Waals surface area contributed by atoms with Crippen LogP contribution in [0.1, 0.15) is 36.8 Å². The Kier molecular flexibility index (Phi) is 7.98.